The van der Waals surface area contributed by atoms with Crippen LogP contribution in [0.5, 0.6) is 11.6 Å². The summed E-state index contributed by atoms with van der Waals surface area (Å²) in [5.41, 5.74) is 0.0563. The van der Waals surface area contributed by atoms with Gasteiger partial charge in [0.2, 0.25) is 5.88 Å². The third-order valence-electron chi connectivity index (χ3n) is 5.20. The van der Waals surface area contributed by atoms with E-state index in [1.165, 1.54) is 13.4 Å². The molecular formula is C20H17F3N6O2. The summed E-state index contributed by atoms with van der Waals surface area (Å²) in [6.07, 6.45) is -1.53. The first-order valence-electron chi connectivity index (χ1n) is 9.42. The molecule has 4 heterocycles. The highest BCUT2D eigenvalue weighted by Crippen LogP contribution is 2.41. The molecule has 2 unspecified atom stereocenters. The molecule has 31 heavy (non-hydrogen) atoms. The lowest BCUT2D eigenvalue weighted by atomic mass is 9.96. The van der Waals surface area contributed by atoms with Gasteiger partial charge >= 0.3 is 6.18 Å². The minimum atomic E-state index is -4.52. The Bertz CT molecular complexity index is 1240. The molecule has 5 rings (SSSR count). The van der Waals surface area contributed by atoms with Gasteiger partial charge in [-0.1, -0.05) is 18.2 Å². The molecule has 0 spiro atoms. The number of methoxy groups -OCH3 is 1. The Morgan fingerprint density at radius 1 is 1.23 bits per heavy atom. The van der Waals surface area contributed by atoms with Crippen LogP contribution in [0.3, 0.4) is 0 Å². The smallest absolute Gasteiger partial charge is 0.431 e. The van der Waals surface area contributed by atoms with Gasteiger partial charge in [0.15, 0.2) is 0 Å². The van der Waals surface area contributed by atoms with Crippen LogP contribution in [-0.4, -0.2) is 38.4 Å². The Hall–Kier alpha value is -3.76. The molecule has 1 aromatic carbocycles. The minimum Gasteiger partial charge on any atom is -0.491 e. The number of hydrogen-bond donors (Lipinski definition) is 2. The second-order valence-electron chi connectivity index (χ2n) is 7.04. The first kappa shape index (κ1) is 19.2. The van der Waals surface area contributed by atoms with Crippen LogP contribution in [0.4, 0.5) is 19.0 Å². The van der Waals surface area contributed by atoms with E-state index in [1.807, 2.05) is 24.3 Å². The molecule has 160 valence electrons. The molecule has 0 bridgehead atoms. The number of rotatable bonds is 4. The maximum absolute atomic E-state index is 13.2. The van der Waals surface area contributed by atoms with Crippen molar-refractivity contribution in [3.8, 4) is 11.6 Å². The highest BCUT2D eigenvalue weighted by Gasteiger charge is 2.35. The lowest BCUT2D eigenvalue weighted by molar-refractivity contribution is -0.140. The predicted molar refractivity (Wildman–Crippen MR) is 105 cm³/mol. The second kappa shape index (κ2) is 7.18. The van der Waals surface area contributed by atoms with Gasteiger partial charge in [-0.2, -0.15) is 13.2 Å². The quantitative estimate of drug-likeness (QED) is 0.509. The van der Waals surface area contributed by atoms with Crippen LogP contribution in [0.25, 0.3) is 11.0 Å². The lowest BCUT2D eigenvalue weighted by Crippen LogP contribution is -2.33. The standard InChI is InChI=1S/C20H17F3N6O2/c1-30-16-6-7-29(28-16)13-9-31-14-5-3-2-4-11(14)17(13)27-19-12-8-15(20(21,22)23)26-18(12)24-10-25-19/h2-8,10,13,17H,9H2,1H3,(H2,24,25,26,27). The molecular weight excluding hydrogens is 413 g/mol. The van der Waals surface area contributed by atoms with Crippen molar-refractivity contribution >= 4 is 16.9 Å². The van der Waals surface area contributed by atoms with Crippen molar-refractivity contribution in [1.29, 1.82) is 0 Å². The Balaban J connectivity index is 1.58. The monoisotopic (exact) mass is 430 g/mol. The van der Waals surface area contributed by atoms with E-state index in [0.29, 0.717) is 18.2 Å². The van der Waals surface area contributed by atoms with Gasteiger partial charge < -0.3 is 19.8 Å². The van der Waals surface area contributed by atoms with Gasteiger partial charge in [-0.3, -0.25) is 4.68 Å². The number of alkyl halides is 3. The van der Waals surface area contributed by atoms with Crippen molar-refractivity contribution in [2.24, 2.45) is 0 Å². The molecule has 2 N–H and O–H groups in total. The average Bonchev–Trinajstić information content (AvgIpc) is 3.41. The largest absolute Gasteiger partial charge is 0.491 e. The number of benzene rings is 1. The summed E-state index contributed by atoms with van der Waals surface area (Å²) in [7, 11) is 1.52. The SMILES string of the molecule is COc1ccn(C2COc3ccccc3C2Nc2ncnc3[nH]c(C(F)(F)F)cc23)n1. The number of fused-ring (bicyclic) bond motifs is 2. The van der Waals surface area contributed by atoms with Gasteiger partial charge in [-0.05, 0) is 12.1 Å². The number of nitrogens with one attached hydrogen (secondary N) is 2. The Labute approximate surface area is 174 Å². The van der Waals surface area contributed by atoms with Crippen LogP contribution in [0.1, 0.15) is 23.3 Å². The highest BCUT2D eigenvalue weighted by atomic mass is 19.4. The molecule has 11 heteroatoms. The van der Waals surface area contributed by atoms with Crippen molar-refractivity contribution in [2.45, 2.75) is 18.3 Å². The third-order valence-corrected chi connectivity index (χ3v) is 5.20. The van der Waals surface area contributed by atoms with Crippen LogP contribution in [0.2, 0.25) is 0 Å². The van der Waals surface area contributed by atoms with Crippen molar-refractivity contribution in [2.75, 3.05) is 19.0 Å². The van der Waals surface area contributed by atoms with Crippen LogP contribution >= 0.6 is 0 Å². The topological polar surface area (TPSA) is 89.9 Å². The zero-order valence-electron chi connectivity index (χ0n) is 16.2. The molecule has 0 saturated carbocycles. The van der Waals surface area contributed by atoms with E-state index in [9.17, 15) is 13.2 Å². The Kier molecular flexibility index (Phi) is 4.45. The molecule has 1 aliphatic rings. The van der Waals surface area contributed by atoms with E-state index in [4.69, 9.17) is 9.47 Å². The first-order chi connectivity index (χ1) is 14.9. The van der Waals surface area contributed by atoms with E-state index < -0.39 is 11.9 Å². The molecule has 0 saturated heterocycles. The molecule has 4 aromatic rings. The fourth-order valence-electron chi connectivity index (χ4n) is 3.72. The lowest BCUT2D eigenvalue weighted by Gasteiger charge is -2.34. The Morgan fingerprint density at radius 2 is 2.06 bits per heavy atom. The summed E-state index contributed by atoms with van der Waals surface area (Å²) >= 11 is 0. The highest BCUT2D eigenvalue weighted by molar-refractivity contribution is 5.88. The maximum Gasteiger partial charge on any atom is 0.431 e. The van der Waals surface area contributed by atoms with Gasteiger partial charge in [-0.15, -0.1) is 5.10 Å². The minimum absolute atomic E-state index is 0.0995. The molecule has 0 amide bonds. The van der Waals surface area contributed by atoms with E-state index in [1.54, 1.807) is 16.9 Å². The van der Waals surface area contributed by atoms with Gasteiger partial charge in [0.05, 0.1) is 18.5 Å². The number of H-pyrrole nitrogens is 1. The summed E-state index contributed by atoms with van der Waals surface area (Å²) in [5.74, 6) is 1.41. The number of aromatic amines is 1. The van der Waals surface area contributed by atoms with E-state index >= 15 is 0 Å². The summed E-state index contributed by atoms with van der Waals surface area (Å²) in [6.45, 7) is 0.300. The van der Waals surface area contributed by atoms with E-state index in [0.717, 1.165) is 11.6 Å². The number of aromatic nitrogens is 5. The fourth-order valence-corrected chi connectivity index (χ4v) is 3.72. The molecule has 1 aliphatic heterocycles. The molecule has 8 nitrogen and oxygen atoms in total. The first-order valence-corrected chi connectivity index (χ1v) is 9.42. The fraction of sp³-hybridized carbons (Fsp3) is 0.250. The normalized spacial score (nSPS) is 18.5. The van der Waals surface area contributed by atoms with E-state index in [2.05, 4.69) is 25.4 Å². The van der Waals surface area contributed by atoms with Gasteiger partial charge in [0.25, 0.3) is 0 Å². The summed E-state index contributed by atoms with van der Waals surface area (Å²) < 4.78 is 52.4. The number of ether oxygens (including phenoxy) is 2. The zero-order valence-corrected chi connectivity index (χ0v) is 16.2. The summed E-state index contributed by atoms with van der Waals surface area (Å²) in [6, 6.07) is 9.53. The Morgan fingerprint density at radius 3 is 2.84 bits per heavy atom. The van der Waals surface area contributed by atoms with Crippen molar-refractivity contribution in [1.82, 2.24) is 24.7 Å². The second-order valence-corrected chi connectivity index (χ2v) is 7.04. The maximum atomic E-state index is 13.2. The van der Waals surface area contributed by atoms with Crippen LogP contribution in [0, 0.1) is 0 Å². The number of anilines is 1. The van der Waals surface area contributed by atoms with Gasteiger partial charge in [0.1, 0.15) is 41.9 Å². The van der Waals surface area contributed by atoms with Crippen LogP contribution < -0.4 is 14.8 Å². The third kappa shape index (κ3) is 3.41. The number of halogens is 3. The van der Waals surface area contributed by atoms with Gasteiger partial charge in [-0.25, -0.2) is 9.97 Å². The van der Waals surface area contributed by atoms with Crippen molar-refractivity contribution in [3.63, 3.8) is 0 Å². The average molecular weight is 430 g/mol. The number of hydrogen-bond acceptors (Lipinski definition) is 6. The summed E-state index contributed by atoms with van der Waals surface area (Å²) in [4.78, 5) is 10.5. The molecule has 0 radical (unpaired) electrons. The molecule has 3 aromatic heterocycles. The number of para-hydroxylation sites is 1. The molecule has 0 aliphatic carbocycles. The van der Waals surface area contributed by atoms with Crippen LogP contribution in [-0.2, 0) is 6.18 Å². The summed E-state index contributed by atoms with van der Waals surface area (Å²) in [5, 5.41) is 7.95. The van der Waals surface area contributed by atoms with Crippen molar-refractivity contribution < 1.29 is 22.6 Å². The predicted octanol–water partition coefficient (Wildman–Crippen LogP) is 3.97. The van der Waals surface area contributed by atoms with Crippen molar-refractivity contribution in [3.05, 3.63) is 60.2 Å². The van der Waals surface area contributed by atoms with Gasteiger partial charge in [0, 0.05) is 17.8 Å². The van der Waals surface area contributed by atoms with Crippen LogP contribution in [0.15, 0.2) is 48.9 Å². The van der Waals surface area contributed by atoms with E-state index in [-0.39, 0.29) is 28.9 Å². The number of nitrogens with zero attached hydrogens (tertiary/aromatic N) is 4. The molecule has 2 atom stereocenters. The molecule has 0 fully saturated rings. The zero-order chi connectivity index (χ0) is 21.6.